The van der Waals surface area contributed by atoms with E-state index < -0.39 is 109 Å². The van der Waals surface area contributed by atoms with Crippen LogP contribution in [0.5, 0.6) is 28.7 Å². The second-order valence-electron chi connectivity index (χ2n) is 10.6. The van der Waals surface area contributed by atoms with Crippen LogP contribution in [0.15, 0.2) is 30.3 Å². The van der Waals surface area contributed by atoms with E-state index >= 15 is 0 Å². The topological polar surface area (TPSA) is 266 Å². The van der Waals surface area contributed by atoms with Crippen molar-refractivity contribution in [2.45, 2.75) is 80.5 Å². The maximum absolute atomic E-state index is 13.6. The summed E-state index contributed by atoms with van der Waals surface area (Å²) in [4.78, 5) is 13.6. The second-order valence-corrected chi connectivity index (χ2v) is 10.6. The summed E-state index contributed by atoms with van der Waals surface area (Å²) < 4.78 is 28.1. The minimum atomic E-state index is -1.93. The Hall–Kier alpha value is -3.29. The van der Waals surface area contributed by atoms with Crippen LogP contribution in [-0.2, 0) is 18.9 Å². The maximum atomic E-state index is 13.6. The van der Waals surface area contributed by atoms with Gasteiger partial charge in [0, 0.05) is 12.1 Å². The summed E-state index contributed by atoms with van der Waals surface area (Å²) in [7, 11) is 0. The van der Waals surface area contributed by atoms with Crippen molar-refractivity contribution in [2.75, 3.05) is 6.61 Å². The molecule has 3 heterocycles. The minimum absolute atomic E-state index is 0.0891. The summed E-state index contributed by atoms with van der Waals surface area (Å²) >= 11 is 0. The third-order valence-corrected chi connectivity index (χ3v) is 7.61. The number of hydrogen-bond acceptors (Lipinski definition) is 16. The molecule has 0 radical (unpaired) electrons. The molecule has 5 unspecified atom stereocenters. The van der Waals surface area contributed by atoms with Crippen LogP contribution < -0.4 is 4.74 Å². The van der Waals surface area contributed by atoms with Crippen molar-refractivity contribution in [3.05, 3.63) is 41.5 Å². The summed E-state index contributed by atoms with van der Waals surface area (Å²) in [5, 5.41) is 102. The molecule has 10 N–H and O–H groups in total. The number of phenolic OH excluding ortho intramolecular Hbond substituents is 4. The first kappa shape index (κ1) is 31.1. The number of carbonyl (C=O) groups is 1. The van der Waals surface area contributed by atoms with Gasteiger partial charge in [-0.3, -0.25) is 4.79 Å². The number of rotatable bonds is 6. The van der Waals surface area contributed by atoms with Crippen molar-refractivity contribution in [2.24, 2.45) is 0 Å². The van der Waals surface area contributed by atoms with Crippen molar-refractivity contribution in [3.8, 4) is 28.7 Å². The third-order valence-electron chi connectivity index (χ3n) is 7.61. The van der Waals surface area contributed by atoms with Gasteiger partial charge in [0.1, 0.15) is 65.5 Å². The van der Waals surface area contributed by atoms with Crippen LogP contribution >= 0.6 is 0 Å². The Morgan fingerprint density at radius 1 is 0.744 bits per heavy atom. The molecular formula is C27H32O16. The summed E-state index contributed by atoms with van der Waals surface area (Å²) in [6.45, 7) is 0.840. The van der Waals surface area contributed by atoms with E-state index in [-0.39, 0.29) is 16.9 Å². The average Bonchev–Trinajstić information content (AvgIpc) is 2.96. The minimum Gasteiger partial charge on any atom is -0.508 e. The quantitative estimate of drug-likeness (QED) is 0.156. The molecule has 0 bridgehead atoms. The van der Waals surface area contributed by atoms with Gasteiger partial charge in [0.25, 0.3) is 0 Å². The number of hydrogen-bond donors (Lipinski definition) is 10. The molecule has 0 aromatic heterocycles. The SMILES string of the molecule is C[C@@H]1OC(OCC2O[C@@H](OC3C(=O)c4c(O)cc(O)cc4OC3c3ccc(O)c(O)c3)[C@H](O)[C@@H](O)[C@@H]2O)[C@H](O)[C@H](O)C1O. The molecule has 16 nitrogen and oxygen atoms in total. The van der Waals surface area contributed by atoms with E-state index in [0.717, 1.165) is 24.3 Å². The largest absolute Gasteiger partial charge is 0.508 e. The molecule has 3 aliphatic rings. The Balaban J connectivity index is 1.40. The van der Waals surface area contributed by atoms with Gasteiger partial charge in [0.05, 0.1) is 12.7 Å². The number of ether oxygens (including phenoxy) is 5. The predicted molar refractivity (Wildman–Crippen MR) is 137 cm³/mol. The molecule has 2 aromatic carbocycles. The first-order valence-corrected chi connectivity index (χ1v) is 13.2. The molecule has 43 heavy (non-hydrogen) atoms. The zero-order chi connectivity index (χ0) is 31.3. The number of phenols is 4. The highest BCUT2D eigenvalue weighted by Crippen LogP contribution is 2.44. The molecule has 5 rings (SSSR count). The van der Waals surface area contributed by atoms with E-state index in [0.29, 0.717) is 0 Å². The van der Waals surface area contributed by atoms with Gasteiger partial charge in [0.2, 0.25) is 5.78 Å². The molecule has 236 valence electrons. The highest BCUT2D eigenvalue weighted by Gasteiger charge is 2.50. The fourth-order valence-corrected chi connectivity index (χ4v) is 5.15. The van der Waals surface area contributed by atoms with Gasteiger partial charge in [-0.05, 0) is 24.6 Å². The first-order chi connectivity index (χ1) is 20.3. The highest BCUT2D eigenvalue weighted by atomic mass is 16.7. The number of ketones is 1. The van der Waals surface area contributed by atoms with Crippen molar-refractivity contribution in [1.29, 1.82) is 0 Å². The van der Waals surface area contributed by atoms with Crippen molar-refractivity contribution in [3.63, 3.8) is 0 Å². The molecule has 16 heteroatoms. The molecule has 12 atom stereocenters. The summed E-state index contributed by atoms with van der Waals surface area (Å²) in [5.41, 5.74) is -0.294. The Morgan fingerprint density at radius 2 is 1.42 bits per heavy atom. The zero-order valence-corrected chi connectivity index (χ0v) is 22.4. The van der Waals surface area contributed by atoms with Crippen LogP contribution in [0.1, 0.15) is 28.9 Å². The predicted octanol–water partition coefficient (Wildman–Crippen LogP) is -2.14. The summed E-state index contributed by atoms with van der Waals surface area (Å²) in [5.74, 6) is -3.26. The average molecular weight is 613 g/mol. The lowest BCUT2D eigenvalue weighted by Gasteiger charge is -2.44. The van der Waals surface area contributed by atoms with E-state index in [9.17, 15) is 55.9 Å². The smallest absolute Gasteiger partial charge is 0.203 e. The maximum Gasteiger partial charge on any atom is 0.203 e. The third kappa shape index (κ3) is 5.82. The second kappa shape index (κ2) is 12.0. The standard InChI is InChI=1S/C27H32O16/c1-8-17(32)20(35)22(37)26(40-8)39-7-15-18(33)21(36)23(38)27(42-15)43-25-19(34)16-13(31)5-10(28)6-14(16)41-24(25)9-2-3-11(29)12(30)4-9/h2-6,8,15,17-18,20-33,35-38H,7H2,1H3/t8-,15?,17?,18+,20+,21-,22+,23+,24?,25?,26?,27-/m0/s1. The zero-order valence-electron chi connectivity index (χ0n) is 22.4. The molecule has 0 saturated carbocycles. The molecule has 3 aliphatic heterocycles. The van der Waals surface area contributed by atoms with Gasteiger partial charge in [-0.25, -0.2) is 0 Å². The number of aliphatic hydroxyl groups excluding tert-OH is 6. The molecule has 2 fully saturated rings. The Bertz CT molecular complexity index is 1340. The van der Waals surface area contributed by atoms with E-state index in [1.165, 1.54) is 13.0 Å². The van der Waals surface area contributed by atoms with Gasteiger partial charge in [-0.2, -0.15) is 0 Å². The van der Waals surface area contributed by atoms with Gasteiger partial charge in [-0.1, -0.05) is 6.07 Å². The normalized spacial score (nSPS) is 37.9. The van der Waals surface area contributed by atoms with Crippen LogP contribution in [0.25, 0.3) is 0 Å². The molecule has 2 saturated heterocycles. The molecule has 0 aliphatic carbocycles. The fourth-order valence-electron chi connectivity index (χ4n) is 5.15. The first-order valence-electron chi connectivity index (χ1n) is 13.2. The van der Waals surface area contributed by atoms with Crippen LogP contribution in [-0.4, -0.2) is 131 Å². The molecular weight excluding hydrogens is 580 g/mol. The lowest BCUT2D eigenvalue weighted by Crippen LogP contribution is -2.62. The Labute approximate surface area is 243 Å². The summed E-state index contributed by atoms with van der Waals surface area (Å²) in [6.07, 6.45) is -19.1. The van der Waals surface area contributed by atoms with Gasteiger partial charge in [-0.15, -0.1) is 0 Å². The van der Waals surface area contributed by atoms with E-state index in [2.05, 4.69) is 0 Å². The molecule has 0 amide bonds. The summed E-state index contributed by atoms with van der Waals surface area (Å²) in [6, 6.07) is 5.44. The lowest BCUT2D eigenvalue weighted by molar-refractivity contribution is -0.333. The van der Waals surface area contributed by atoms with Crippen molar-refractivity contribution in [1.82, 2.24) is 0 Å². The fraction of sp³-hybridized carbons (Fsp3) is 0.519. The van der Waals surface area contributed by atoms with Crippen molar-refractivity contribution < 1.29 is 79.5 Å². The number of aliphatic hydroxyl groups is 6. The highest BCUT2D eigenvalue weighted by molar-refractivity contribution is 6.05. The van der Waals surface area contributed by atoms with Crippen LogP contribution in [0, 0.1) is 0 Å². The number of benzene rings is 2. The van der Waals surface area contributed by atoms with Gasteiger partial charge in [0.15, 0.2) is 36.3 Å². The lowest BCUT2D eigenvalue weighted by atomic mass is 9.92. The van der Waals surface area contributed by atoms with E-state index in [4.69, 9.17) is 23.7 Å². The monoisotopic (exact) mass is 612 g/mol. The van der Waals surface area contributed by atoms with Crippen LogP contribution in [0.3, 0.4) is 0 Å². The Morgan fingerprint density at radius 3 is 2.12 bits per heavy atom. The van der Waals surface area contributed by atoms with Crippen LogP contribution in [0.2, 0.25) is 0 Å². The number of fused-ring (bicyclic) bond motifs is 1. The van der Waals surface area contributed by atoms with E-state index in [1.807, 2.05) is 0 Å². The van der Waals surface area contributed by atoms with Gasteiger partial charge >= 0.3 is 0 Å². The molecule has 0 spiro atoms. The van der Waals surface area contributed by atoms with Crippen molar-refractivity contribution >= 4 is 5.78 Å². The van der Waals surface area contributed by atoms with Crippen LogP contribution in [0.4, 0.5) is 0 Å². The number of carbonyl (C=O) groups excluding carboxylic acids is 1. The Kier molecular flexibility index (Phi) is 8.70. The van der Waals surface area contributed by atoms with E-state index in [1.54, 1.807) is 0 Å². The van der Waals surface area contributed by atoms with Gasteiger partial charge < -0.3 is 74.7 Å². The number of aromatic hydroxyl groups is 4. The molecule has 2 aromatic rings. The number of Topliss-reactive ketones (excluding diaryl/α,β-unsaturated/α-hetero) is 1.